The molecule has 2 aromatic heterocycles. The minimum absolute atomic E-state index is 0.0969. The van der Waals surface area contributed by atoms with Gasteiger partial charge in [-0.3, -0.25) is 0 Å². The molecule has 0 radical (unpaired) electrons. The molecule has 0 saturated heterocycles. The Morgan fingerprint density at radius 3 is 2.89 bits per heavy atom. The minimum atomic E-state index is -0.991. The number of fused-ring (bicyclic) bond motifs is 1. The van der Waals surface area contributed by atoms with Gasteiger partial charge in [0.05, 0.1) is 0 Å². The number of aromatic nitrogens is 2. The van der Waals surface area contributed by atoms with Gasteiger partial charge in [0.2, 0.25) is 0 Å². The predicted octanol–water partition coefficient (Wildman–Crippen LogP) is 3.30. The van der Waals surface area contributed by atoms with Crippen molar-refractivity contribution in [2.75, 3.05) is 0 Å². The van der Waals surface area contributed by atoms with Gasteiger partial charge < -0.3 is 10.1 Å². The molecule has 0 saturated carbocycles. The first-order chi connectivity index (χ1) is 8.66. The van der Waals surface area contributed by atoms with E-state index in [-0.39, 0.29) is 5.69 Å². The number of aromatic carboxylic acids is 1. The van der Waals surface area contributed by atoms with Crippen molar-refractivity contribution in [3.05, 3.63) is 41.0 Å². The van der Waals surface area contributed by atoms with Crippen molar-refractivity contribution in [3.63, 3.8) is 0 Å². The molecule has 1 aromatic carbocycles. The standard InChI is InChI=1S/C13H10N2O2S/c1-7-11(8-4-2-3-5-9(8)14-7)12-15-10(6-18-12)13(16)17/h2-6,14H,1H3,(H,16,17). The molecule has 0 unspecified atom stereocenters. The largest absolute Gasteiger partial charge is 0.476 e. The molecule has 2 N–H and O–H groups in total. The third-order valence-electron chi connectivity index (χ3n) is 2.83. The summed E-state index contributed by atoms with van der Waals surface area (Å²) in [5.41, 5.74) is 3.13. The Hall–Kier alpha value is -2.14. The van der Waals surface area contributed by atoms with Crippen molar-refractivity contribution < 1.29 is 9.90 Å². The molecular formula is C13H10N2O2S. The number of hydrogen-bond donors (Lipinski definition) is 2. The van der Waals surface area contributed by atoms with Gasteiger partial charge in [-0.2, -0.15) is 0 Å². The molecule has 0 fully saturated rings. The molecule has 4 nitrogen and oxygen atoms in total. The SMILES string of the molecule is Cc1[nH]c2ccccc2c1-c1nc(C(=O)O)cs1. The van der Waals surface area contributed by atoms with E-state index >= 15 is 0 Å². The van der Waals surface area contributed by atoms with E-state index in [1.165, 1.54) is 11.3 Å². The van der Waals surface area contributed by atoms with Crippen LogP contribution >= 0.6 is 11.3 Å². The topological polar surface area (TPSA) is 66.0 Å². The zero-order chi connectivity index (χ0) is 12.7. The van der Waals surface area contributed by atoms with Crippen LogP contribution in [0.2, 0.25) is 0 Å². The van der Waals surface area contributed by atoms with Gasteiger partial charge in [-0.05, 0) is 13.0 Å². The van der Waals surface area contributed by atoms with Gasteiger partial charge in [-0.25, -0.2) is 9.78 Å². The van der Waals surface area contributed by atoms with Crippen LogP contribution in [0, 0.1) is 6.92 Å². The number of hydrogen-bond acceptors (Lipinski definition) is 3. The van der Waals surface area contributed by atoms with Crippen LogP contribution in [-0.4, -0.2) is 21.0 Å². The maximum atomic E-state index is 10.9. The average Bonchev–Trinajstić information content (AvgIpc) is 2.91. The van der Waals surface area contributed by atoms with Crippen LogP contribution in [0.15, 0.2) is 29.6 Å². The monoisotopic (exact) mass is 258 g/mol. The first-order valence-electron chi connectivity index (χ1n) is 5.43. The van der Waals surface area contributed by atoms with E-state index in [0.29, 0.717) is 0 Å². The highest BCUT2D eigenvalue weighted by Crippen LogP contribution is 2.33. The number of aryl methyl sites for hydroxylation is 1. The number of nitrogens with one attached hydrogen (secondary N) is 1. The molecule has 3 aromatic rings. The quantitative estimate of drug-likeness (QED) is 0.741. The molecule has 90 valence electrons. The Labute approximate surface area is 107 Å². The minimum Gasteiger partial charge on any atom is -0.476 e. The van der Waals surface area contributed by atoms with Crippen molar-refractivity contribution in [1.29, 1.82) is 0 Å². The fourth-order valence-corrected chi connectivity index (χ4v) is 2.95. The van der Waals surface area contributed by atoms with Crippen molar-refractivity contribution in [2.45, 2.75) is 6.92 Å². The lowest BCUT2D eigenvalue weighted by Crippen LogP contribution is -1.95. The van der Waals surface area contributed by atoms with Crippen LogP contribution in [0.25, 0.3) is 21.5 Å². The van der Waals surface area contributed by atoms with E-state index in [4.69, 9.17) is 5.11 Å². The van der Waals surface area contributed by atoms with E-state index in [9.17, 15) is 4.79 Å². The van der Waals surface area contributed by atoms with Crippen LogP contribution in [0.1, 0.15) is 16.2 Å². The summed E-state index contributed by atoms with van der Waals surface area (Å²) < 4.78 is 0. The summed E-state index contributed by atoms with van der Waals surface area (Å²) in [5, 5.41) is 12.3. The molecule has 0 spiro atoms. The molecule has 0 amide bonds. The molecule has 0 atom stereocenters. The highest BCUT2D eigenvalue weighted by Gasteiger charge is 2.15. The molecule has 3 rings (SSSR count). The Kier molecular flexibility index (Phi) is 2.41. The van der Waals surface area contributed by atoms with Gasteiger partial charge in [0.15, 0.2) is 5.69 Å². The van der Waals surface area contributed by atoms with Crippen LogP contribution in [0.5, 0.6) is 0 Å². The fourth-order valence-electron chi connectivity index (χ4n) is 2.04. The highest BCUT2D eigenvalue weighted by molar-refractivity contribution is 7.13. The van der Waals surface area contributed by atoms with Crippen molar-refractivity contribution in [2.24, 2.45) is 0 Å². The first kappa shape index (κ1) is 11.0. The summed E-state index contributed by atoms with van der Waals surface area (Å²) in [5.74, 6) is -0.991. The molecule has 0 aliphatic heterocycles. The predicted molar refractivity (Wildman–Crippen MR) is 71.1 cm³/mol. The smallest absolute Gasteiger partial charge is 0.355 e. The van der Waals surface area contributed by atoms with Crippen LogP contribution in [-0.2, 0) is 0 Å². The van der Waals surface area contributed by atoms with Gasteiger partial charge >= 0.3 is 5.97 Å². The van der Waals surface area contributed by atoms with E-state index < -0.39 is 5.97 Å². The highest BCUT2D eigenvalue weighted by atomic mass is 32.1. The van der Waals surface area contributed by atoms with Crippen LogP contribution < -0.4 is 0 Å². The number of nitrogens with zero attached hydrogens (tertiary/aromatic N) is 1. The number of rotatable bonds is 2. The number of thiazole rings is 1. The van der Waals surface area contributed by atoms with E-state index in [1.807, 2.05) is 31.2 Å². The number of benzene rings is 1. The summed E-state index contributed by atoms with van der Waals surface area (Å²) in [7, 11) is 0. The summed E-state index contributed by atoms with van der Waals surface area (Å²) in [4.78, 5) is 18.3. The van der Waals surface area contributed by atoms with Gasteiger partial charge in [0, 0.05) is 27.5 Å². The Morgan fingerprint density at radius 2 is 2.17 bits per heavy atom. The van der Waals surface area contributed by atoms with E-state index in [2.05, 4.69) is 9.97 Å². The summed E-state index contributed by atoms with van der Waals surface area (Å²) in [6, 6.07) is 7.94. The van der Waals surface area contributed by atoms with Gasteiger partial charge in [-0.15, -0.1) is 11.3 Å². The number of carbonyl (C=O) groups is 1. The Balaban J connectivity index is 2.24. The molecule has 2 heterocycles. The molecule has 0 bridgehead atoms. The number of carboxylic acid groups (broad SMARTS) is 1. The second kappa shape index (κ2) is 3.96. The maximum Gasteiger partial charge on any atom is 0.355 e. The summed E-state index contributed by atoms with van der Waals surface area (Å²) >= 11 is 1.35. The number of carboxylic acids is 1. The molecule has 5 heteroatoms. The molecule has 0 aliphatic rings. The zero-order valence-electron chi connectivity index (χ0n) is 9.60. The van der Waals surface area contributed by atoms with Gasteiger partial charge in [0.25, 0.3) is 0 Å². The number of H-pyrrole nitrogens is 1. The lowest BCUT2D eigenvalue weighted by Gasteiger charge is -1.95. The second-order valence-corrected chi connectivity index (χ2v) is 4.87. The first-order valence-corrected chi connectivity index (χ1v) is 6.31. The number of para-hydroxylation sites is 1. The van der Waals surface area contributed by atoms with Crippen molar-refractivity contribution in [3.8, 4) is 10.6 Å². The van der Waals surface area contributed by atoms with E-state index in [1.54, 1.807) is 5.38 Å². The molecule has 0 aliphatic carbocycles. The van der Waals surface area contributed by atoms with Crippen molar-refractivity contribution >= 4 is 28.2 Å². The fraction of sp³-hybridized carbons (Fsp3) is 0.0769. The maximum absolute atomic E-state index is 10.9. The van der Waals surface area contributed by atoms with Gasteiger partial charge in [-0.1, -0.05) is 18.2 Å². The molecular weight excluding hydrogens is 248 g/mol. The summed E-state index contributed by atoms with van der Waals surface area (Å²) in [6.07, 6.45) is 0. The van der Waals surface area contributed by atoms with E-state index in [0.717, 1.165) is 27.2 Å². The Bertz CT molecular complexity index is 742. The van der Waals surface area contributed by atoms with Crippen LogP contribution in [0.4, 0.5) is 0 Å². The number of aromatic amines is 1. The summed E-state index contributed by atoms with van der Waals surface area (Å²) in [6.45, 7) is 1.97. The van der Waals surface area contributed by atoms with Gasteiger partial charge in [0.1, 0.15) is 5.01 Å². The van der Waals surface area contributed by atoms with Crippen LogP contribution in [0.3, 0.4) is 0 Å². The third-order valence-corrected chi connectivity index (χ3v) is 3.69. The normalized spacial score (nSPS) is 10.9. The lowest BCUT2D eigenvalue weighted by atomic mass is 10.1. The lowest BCUT2D eigenvalue weighted by molar-refractivity contribution is 0.0691. The molecule has 18 heavy (non-hydrogen) atoms. The zero-order valence-corrected chi connectivity index (χ0v) is 10.4. The second-order valence-electron chi connectivity index (χ2n) is 4.01. The Morgan fingerprint density at radius 1 is 1.39 bits per heavy atom. The average molecular weight is 258 g/mol. The third kappa shape index (κ3) is 1.60. The van der Waals surface area contributed by atoms with Crippen molar-refractivity contribution in [1.82, 2.24) is 9.97 Å².